The summed E-state index contributed by atoms with van der Waals surface area (Å²) in [6, 6.07) is 15.2. The van der Waals surface area contributed by atoms with E-state index in [0.717, 1.165) is 24.9 Å². The second-order valence-electron chi connectivity index (χ2n) is 8.58. The number of rotatable bonds is 5. The van der Waals surface area contributed by atoms with E-state index < -0.39 is 0 Å². The van der Waals surface area contributed by atoms with Gasteiger partial charge in [0, 0.05) is 36.8 Å². The van der Waals surface area contributed by atoms with Gasteiger partial charge in [-0.1, -0.05) is 31.1 Å². The molecule has 7 heteroatoms. The van der Waals surface area contributed by atoms with Crippen molar-refractivity contribution in [3.05, 3.63) is 65.5 Å². The summed E-state index contributed by atoms with van der Waals surface area (Å²) in [4.78, 5) is 30.7. The molecule has 3 aromatic rings. The lowest BCUT2D eigenvalue weighted by molar-refractivity contribution is -0.114. The topological polar surface area (TPSA) is 88.3 Å². The lowest BCUT2D eigenvalue weighted by Crippen LogP contribution is -2.39. The van der Waals surface area contributed by atoms with Gasteiger partial charge in [0.15, 0.2) is 0 Å². The van der Waals surface area contributed by atoms with E-state index in [9.17, 15) is 9.59 Å². The molecule has 1 aliphatic heterocycles. The van der Waals surface area contributed by atoms with Crippen LogP contribution in [-0.2, 0) is 4.79 Å². The third-order valence-electron chi connectivity index (χ3n) is 5.79. The van der Waals surface area contributed by atoms with Crippen molar-refractivity contribution in [1.29, 1.82) is 0 Å². The maximum Gasteiger partial charge on any atom is 0.253 e. The minimum Gasteiger partial charge on any atom is -0.339 e. The summed E-state index contributed by atoms with van der Waals surface area (Å²) in [6.45, 7) is 7.04. The number of anilines is 1. The second-order valence-corrected chi connectivity index (χ2v) is 8.58. The Morgan fingerprint density at radius 2 is 1.81 bits per heavy atom. The fourth-order valence-electron chi connectivity index (χ4n) is 3.98. The van der Waals surface area contributed by atoms with Gasteiger partial charge in [0.1, 0.15) is 0 Å². The van der Waals surface area contributed by atoms with Gasteiger partial charge in [0.2, 0.25) is 17.6 Å². The summed E-state index contributed by atoms with van der Waals surface area (Å²) >= 11 is 0. The molecule has 2 heterocycles. The molecule has 1 aliphatic rings. The summed E-state index contributed by atoms with van der Waals surface area (Å²) < 4.78 is 5.56. The van der Waals surface area contributed by atoms with Crippen molar-refractivity contribution < 1.29 is 14.1 Å². The maximum atomic E-state index is 13.0. The number of likely N-dealkylation sites (tertiary alicyclic amines) is 1. The van der Waals surface area contributed by atoms with Gasteiger partial charge in [-0.15, -0.1) is 0 Å². The smallest absolute Gasteiger partial charge is 0.253 e. The number of piperidine rings is 1. The van der Waals surface area contributed by atoms with Gasteiger partial charge >= 0.3 is 0 Å². The van der Waals surface area contributed by atoms with Gasteiger partial charge in [0.05, 0.1) is 5.92 Å². The van der Waals surface area contributed by atoms with E-state index >= 15 is 0 Å². The fraction of sp³-hybridized carbons (Fsp3) is 0.360. The van der Waals surface area contributed by atoms with Crippen molar-refractivity contribution >= 4 is 17.5 Å². The minimum atomic E-state index is -0.119. The van der Waals surface area contributed by atoms with Crippen molar-refractivity contribution in [2.75, 3.05) is 18.4 Å². The highest BCUT2D eigenvalue weighted by Gasteiger charge is 2.29. The molecule has 4 rings (SSSR count). The molecule has 0 saturated carbocycles. The molecular formula is C25H28N4O3. The first-order valence-electron chi connectivity index (χ1n) is 11.0. The van der Waals surface area contributed by atoms with E-state index in [-0.39, 0.29) is 17.7 Å². The molecular weight excluding hydrogens is 404 g/mol. The molecule has 2 amide bonds. The SMILES string of the molecule is CC(=O)Nc1ccc(-c2noc([C@H]3CCCN(C(=O)c4ccc(C(C)C)cc4)C3)n2)cc1. The molecule has 166 valence electrons. The first kappa shape index (κ1) is 21.7. The van der Waals surface area contributed by atoms with Gasteiger partial charge in [-0.25, -0.2) is 0 Å². The Morgan fingerprint density at radius 3 is 2.47 bits per heavy atom. The Bertz CT molecular complexity index is 1090. The van der Waals surface area contributed by atoms with E-state index in [1.807, 2.05) is 41.3 Å². The molecule has 1 atom stereocenters. The van der Waals surface area contributed by atoms with Crippen molar-refractivity contribution in [2.45, 2.75) is 45.4 Å². The van der Waals surface area contributed by atoms with Crippen molar-refractivity contribution in [2.24, 2.45) is 0 Å². The molecule has 0 aliphatic carbocycles. The lowest BCUT2D eigenvalue weighted by atomic mass is 9.96. The molecule has 1 fully saturated rings. The van der Waals surface area contributed by atoms with E-state index in [0.29, 0.717) is 35.4 Å². The fourth-order valence-corrected chi connectivity index (χ4v) is 3.98. The highest BCUT2D eigenvalue weighted by atomic mass is 16.5. The van der Waals surface area contributed by atoms with Crippen molar-refractivity contribution in [3.63, 3.8) is 0 Å². The molecule has 0 unspecified atom stereocenters. The molecule has 2 aromatic carbocycles. The molecule has 1 saturated heterocycles. The van der Waals surface area contributed by atoms with Gasteiger partial charge in [-0.2, -0.15) is 4.98 Å². The molecule has 0 spiro atoms. The van der Waals surface area contributed by atoms with Crippen LogP contribution >= 0.6 is 0 Å². The Kier molecular flexibility index (Phi) is 6.35. The Labute approximate surface area is 187 Å². The van der Waals surface area contributed by atoms with Crippen LogP contribution in [0.2, 0.25) is 0 Å². The molecule has 1 N–H and O–H groups in total. The van der Waals surface area contributed by atoms with Crippen LogP contribution in [0.15, 0.2) is 53.1 Å². The van der Waals surface area contributed by atoms with Gasteiger partial charge in [-0.3, -0.25) is 9.59 Å². The summed E-state index contributed by atoms with van der Waals surface area (Å²) in [5.41, 5.74) is 3.46. The Balaban J connectivity index is 1.44. The Morgan fingerprint density at radius 1 is 1.09 bits per heavy atom. The predicted octanol–water partition coefficient (Wildman–Crippen LogP) is 4.84. The van der Waals surface area contributed by atoms with Crippen molar-refractivity contribution in [3.8, 4) is 11.4 Å². The molecule has 32 heavy (non-hydrogen) atoms. The van der Waals surface area contributed by atoms with Crippen LogP contribution in [0.4, 0.5) is 5.69 Å². The lowest BCUT2D eigenvalue weighted by Gasteiger charge is -2.31. The zero-order valence-electron chi connectivity index (χ0n) is 18.7. The van der Waals surface area contributed by atoms with Crippen LogP contribution in [0, 0.1) is 0 Å². The first-order valence-corrected chi connectivity index (χ1v) is 11.0. The predicted molar refractivity (Wildman–Crippen MR) is 122 cm³/mol. The minimum absolute atomic E-state index is 0.0162. The normalized spacial score (nSPS) is 16.2. The van der Waals surface area contributed by atoms with Crippen LogP contribution in [0.25, 0.3) is 11.4 Å². The molecule has 0 radical (unpaired) electrons. The molecule has 0 bridgehead atoms. The van der Waals surface area contributed by atoms with E-state index in [1.165, 1.54) is 12.5 Å². The first-order chi connectivity index (χ1) is 15.4. The zero-order chi connectivity index (χ0) is 22.7. The Hall–Kier alpha value is -3.48. The number of amides is 2. The van der Waals surface area contributed by atoms with Gasteiger partial charge in [-0.05, 0) is 60.7 Å². The van der Waals surface area contributed by atoms with Crippen LogP contribution in [-0.4, -0.2) is 39.9 Å². The quantitative estimate of drug-likeness (QED) is 0.623. The summed E-state index contributed by atoms with van der Waals surface area (Å²) in [5.74, 6) is 1.43. The number of benzene rings is 2. The number of carbonyl (C=O) groups is 2. The zero-order valence-corrected chi connectivity index (χ0v) is 18.7. The van der Waals surface area contributed by atoms with Gasteiger partial charge in [0.25, 0.3) is 5.91 Å². The largest absolute Gasteiger partial charge is 0.339 e. The highest BCUT2D eigenvalue weighted by molar-refractivity contribution is 5.94. The van der Waals surface area contributed by atoms with Crippen molar-refractivity contribution in [1.82, 2.24) is 15.0 Å². The third-order valence-corrected chi connectivity index (χ3v) is 5.79. The number of carbonyl (C=O) groups excluding carboxylic acids is 2. The van der Waals surface area contributed by atoms with Crippen LogP contribution in [0.3, 0.4) is 0 Å². The monoisotopic (exact) mass is 432 g/mol. The van der Waals surface area contributed by atoms with E-state index in [1.54, 1.807) is 12.1 Å². The number of hydrogen-bond acceptors (Lipinski definition) is 5. The van der Waals surface area contributed by atoms with E-state index in [4.69, 9.17) is 4.52 Å². The number of hydrogen-bond donors (Lipinski definition) is 1. The average Bonchev–Trinajstić information content (AvgIpc) is 3.29. The van der Waals surface area contributed by atoms with Gasteiger partial charge < -0.3 is 14.7 Å². The number of aromatic nitrogens is 2. The summed E-state index contributed by atoms with van der Waals surface area (Å²) in [5, 5.41) is 6.87. The molecule has 1 aromatic heterocycles. The highest BCUT2D eigenvalue weighted by Crippen LogP contribution is 2.29. The summed E-state index contributed by atoms with van der Waals surface area (Å²) in [7, 11) is 0. The summed E-state index contributed by atoms with van der Waals surface area (Å²) in [6.07, 6.45) is 1.79. The standard InChI is InChI=1S/C25H28N4O3/c1-16(2)18-6-8-20(9-7-18)25(31)29-14-4-5-21(15-29)24-27-23(28-32-24)19-10-12-22(13-11-19)26-17(3)30/h6-13,16,21H,4-5,14-15H2,1-3H3,(H,26,30)/t21-/m0/s1. The van der Waals surface area contributed by atoms with Crippen LogP contribution < -0.4 is 5.32 Å². The third kappa shape index (κ3) is 4.88. The number of nitrogens with zero attached hydrogens (tertiary/aromatic N) is 3. The molecule has 7 nitrogen and oxygen atoms in total. The van der Waals surface area contributed by atoms with E-state index in [2.05, 4.69) is 29.3 Å². The average molecular weight is 433 g/mol. The van der Waals surface area contributed by atoms with Crippen LogP contribution in [0.5, 0.6) is 0 Å². The maximum absolute atomic E-state index is 13.0. The second kappa shape index (κ2) is 9.34. The number of nitrogens with one attached hydrogen (secondary N) is 1. The van der Waals surface area contributed by atoms with Crippen LogP contribution in [0.1, 0.15) is 67.3 Å².